The van der Waals surface area contributed by atoms with Crippen molar-refractivity contribution in [3.63, 3.8) is 0 Å². The molecule has 1 N–H and O–H groups in total. The summed E-state index contributed by atoms with van der Waals surface area (Å²) < 4.78 is 5.29. The normalized spacial score (nSPS) is 35.9. The standard InChI is InChI=1S/C18H20N2O2/c21-18(19-17-14-3-1-2-4-15(14)22-20-17)16-12-6-10-5-11(8-12)9-13(16)7-10/h1-4,10-13,16H,5-9H2,(H,19,20,21). The van der Waals surface area contributed by atoms with Crippen LogP contribution < -0.4 is 5.32 Å². The van der Waals surface area contributed by atoms with Crippen LogP contribution in [0.15, 0.2) is 28.8 Å². The highest BCUT2D eigenvalue weighted by Gasteiger charge is 2.50. The molecular weight excluding hydrogens is 276 g/mol. The maximum absolute atomic E-state index is 12.9. The van der Waals surface area contributed by atoms with E-state index in [4.69, 9.17) is 4.52 Å². The van der Waals surface area contributed by atoms with Gasteiger partial charge in [-0.3, -0.25) is 4.79 Å². The summed E-state index contributed by atoms with van der Waals surface area (Å²) in [5.41, 5.74) is 0.725. The van der Waals surface area contributed by atoms with E-state index in [-0.39, 0.29) is 11.8 Å². The van der Waals surface area contributed by atoms with Gasteiger partial charge in [-0.05, 0) is 67.9 Å². The zero-order chi connectivity index (χ0) is 14.7. The number of hydrogen-bond acceptors (Lipinski definition) is 3. The molecule has 4 bridgehead atoms. The summed E-state index contributed by atoms with van der Waals surface area (Å²) in [5.74, 6) is 3.88. The van der Waals surface area contributed by atoms with Gasteiger partial charge in [-0.1, -0.05) is 17.3 Å². The number of hydrogen-bond donors (Lipinski definition) is 1. The molecule has 4 heteroatoms. The van der Waals surface area contributed by atoms with E-state index in [2.05, 4.69) is 10.5 Å². The fraction of sp³-hybridized carbons (Fsp3) is 0.556. The second-order valence-corrected chi connectivity index (χ2v) is 7.47. The van der Waals surface area contributed by atoms with E-state index in [0.717, 1.165) is 22.8 Å². The SMILES string of the molecule is O=C(Nc1noc2ccccc12)C1C2CC3CC(C2)CC1C3. The van der Waals surface area contributed by atoms with Crippen LogP contribution in [-0.4, -0.2) is 11.1 Å². The first kappa shape index (κ1) is 12.7. The van der Waals surface area contributed by atoms with E-state index < -0.39 is 0 Å². The summed E-state index contributed by atoms with van der Waals surface area (Å²) in [5, 5.41) is 7.98. The number of aromatic nitrogens is 1. The topological polar surface area (TPSA) is 55.1 Å². The smallest absolute Gasteiger partial charge is 0.229 e. The Balaban J connectivity index is 1.41. The third-order valence-corrected chi connectivity index (χ3v) is 6.15. The zero-order valence-corrected chi connectivity index (χ0v) is 12.5. The number of rotatable bonds is 2. The van der Waals surface area contributed by atoms with Crippen molar-refractivity contribution in [2.45, 2.75) is 32.1 Å². The van der Waals surface area contributed by atoms with Gasteiger partial charge in [0, 0.05) is 5.92 Å². The molecule has 0 saturated heterocycles. The Morgan fingerprint density at radius 1 is 1.05 bits per heavy atom. The number of nitrogens with one attached hydrogen (secondary N) is 1. The van der Waals surface area contributed by atoms with Crippen LogP contribution in [0.1, 0.15) is 32.1 Å². The number of carbonyl (C=O) groups is 1. The Morgan fingerprint density at radius 2 is 1.73 bits per heavy atom. The Kier molecular flexibility index (Phi) is 2.64. The molecule has 0 atom stereocenters. The predicted molar refractivity (Wildman–Crippen MR) is 83.2 cm³/mol. The van der Waals surface area contributed by atoms with Crippen molar-refractivity contribution in [2.75, 3.05) is 5.32 Å². The lowest BCUT2D eigenvalue weighted by Gasteiger charge is -2.53. The molecule has 0 radical (unpaired) electrons. The lowest BCUT2D eigenvalue weighted by atomic mass is 9.51. The molecule has 1 heterocycles. The number of amides is 1. The average molecular weight is 296 g/mol. The molecule has 1 aromatic carbocycles. The summed E-state index contributed by atoms with van der Waals surface area (Å²) in [4.78, 5) is 12.9. The van der Waals surface area contributed by atoms with Gasteiger partial charge in [-0.15, -0.1) is 0 Å². The molecule has 0 spiro atoms. The van der Waals surface area contributed by atoms with Crippen molar-refractivity contribution in [3.8, 4) is 0 Å². The van der Waals surface area contributed by atoms with Crippen LogP contribution in [-0.2, 0) is 4.79 Å². The van der Waals surface area contributed by atoms with Gasteiger partial charge in [0.05, 0.1) is 5.39 Å². The molecule has 4 aliphatic carbocycles. The highest BCUT2D eigenvalue weighted by molar-refractivity contribution is 6.00. The van der Waals surface area contributed by atoms with E-state index in [1.165, 1.54) is 32.1 Å². The van der Waals surface area contributed by atoms with Crippen molar-refractivity contribution >= 4 is 22.7 Å². The molecule has 0 unspecified atom stereocenters. The molecule has 4 saturated carbocycles. The second kappa shape index (κ2) is 4.58. The third kappa shape index (κ3) is 1.82. The van der Waals surface area contributed by atoms with Crippen LogP contribution in [0.2, 0.25) is 0 Å². The van der Waals surface area contributed by atoms with Crippen molar-refractivity contribution in [1.29, 1.82) is 0 Å². The van der Waals surface area contributed by atoms with Crippen LogP contribution in [0.25, 0.3) is 11.0 Å². The van der Waals surface area contributed by atoms with Gasteiger partial charge < -0.3 is 9.84 Å². The quantitative estimate of drug-likeness (QED) is 0.916. The Bertz CT molecular complexity index is 708. The van der Waals surface area contributed by atoms with Gasteiger partial charge in [0.2, 0.25) is 5.91 Å². The first-order valence-electron chi connectivity index (χ1n) is 8.43. The van der Waals surface area contributed by atoms with Gasteiger partial charge in [0.25, 0.3) is 0 Å². The fourth-order valence-corrected chi connectivity index (χ4v) is 5.53. The molecule has 1 amide bonds. The highest BCUT2D eigenvalue weighted by Crippen LogP contribution is 2.56. The van der Waals surface area contributed by atoms with E-state index in [1.54, 1.807) is 0 Å². The summed E-state index contributed by atoms with van der Waals surface area (Å²) in [6, 6.07) is 7.67. The summed E-state index contributed by atoms with van der Waals surface area (Å²) in [6.07, 6.45) is 6.43. The van der Waals surface area contributed by atoms with Crippen LogP contribution in [0.4, 0.5) is 5.82 Å². The predicted octanol–water partition coefficient (Wildman–Crippen LogP) is 3.84. The first-order valence-corrected chi connectivity index (χ1v) is 8.43. The molecular formula is C18H20N2O2. The number of anilines is 1. The van der Waals surface area contributed by atoms with Crippen LogP contribution >= 0.6 is 0 Å². The molecule has 4 aliphatic rings. The van der Waals surface area contributed by atoms with Crippen molar-refractivity contribution in [3.05, 3.63) is 24.3 Å². The van der Waals surface area contributed by atoms with E-state index in [9.17, 15) is 4.79 Å². The summed E-state index contributed by atoms with van der Waals surface area (Å²) in [6.45, 7) is 0. The molecule has 4 fully saturated rings. The maximum Gasteiger partial charge on any atom is 0.229 e. The Morgan fingerprint density at radius 3 is 2.45 bits per heavy atom. The van der Waals surface area contributed by atoms with Crippen LogP contribution in [0.5, 0.6) is 0 Å². The largest absolute Gasteiger partial charge is 0.354 e. The molecule has 6 rings (SSSR count). The van der Waals surface area contributed by atoms with Gasteiger partial charge in [0.1, 0.15) is 0 Å². The second-order valence-electron chi connectivity index (χ2n) is 7.47. The van der Waals surface area contributed by atoms with E-state index >= 15 is 0 Å². The van der Waals surface area contributed by atoms with Gasteiger partial charge in [-0.2, -0.15) is 0 Å². The summed E-state index contributed by atoms with van der Waals surface area (Å²) in [7, 11) is 0. The number of carbonyl (C=O) groups excluding carboxylic acids is 1. The van der Waals surface area contributed by atoms with Gasteiger partial charge in [0.15, 0.2) is 11.4 Å². The monoisotopic (exact) mass is 296 g/mol. The van der Waals surface area contributed by atoms with Gasteiger partial charge >= 0.3 is 0 Å². The van der Waals surface area contributed by atoms with Crippen molar-refractivity contribution in [2.24, 2.45) is 29.6 Å². The third-order valence-electron chi connectivity index (χ3n) is 6.15. The van der Waals surface area contributed by atoms with E-state index in [0.29, 0.717) is 17.7 Å². The summed E-state index contributed by atoms with van der Waals surface area (Å²) >= 11 is 0. The average Bonchev–Trinajstić information content (AvgIpc) is 2.89. The Hall–Kier alpha value is -1.84. The number of para-hydroxylation sites is 1. The lowest BCUT2D eigenvalue weighted by Crippen LogP contribution is -2.49. The molecule has 0 aliphatic heterocycles. The molecule has 114 valence electrons. The van der Waals surface area contributed by atoms with Crippen LogP contribution in [0.3, 0.4) is 0 Å². The molecule has 4 nitrogen and oxygen atoms in total. The minimum atomic E-state index is 0.160. The Labute approximate surface area is 129 Å². The molecule has 22 heavy (non-hydrogen) atoms. The van der Waals surface area contributed by atoms with Crippen LogP contribution in [0, 0.1) is 29.6 Å². The van der Waals surface area contributed by atoms with E-state index in [1.807, 2.05) is 24.3 Å². The lowest BCUT2D eigenvalue weighted by molar-refractivity contribution is -0.132. The minimum Gasteiger partial charge on any atom is -0.354 e. The maximum atomic E-state index is 12.9. The number of benzene rings is 1. The number of nitrogens with zero attached hydrogens (tertiary/aromatic N) is 1. The fourth-order valence-electron chi connectivity index (χ4n) is 5.53. The first-order chi connectivity index (χ1) is 10.8. The highest BCUT2D eigenvalue weighted by atomic mass is 16.5. The van der Waals surface area contributed by atoms with Crippen molar-refractivity contribution in [1.82, 2.24) is 5.16 Å². The molecule has 1 aromatic heterocycles. The number of fused-ring (bicyclic) bond motifs is 1. The zero-order valence-electron chi connectivity index (χ0n) is 12.5. The van der Waals surface area contributed by atoms with Gasteiger partial charge in [-0.25, -0.2) is 0 Å². The molecule has 2 aromatic rings. The minimum absolute atomic E-state index is 0.160. The van der Waals surface area contributed by atoms with Crippen molar-refractivity contribution < 1.29 is 9.32 Å².